The van der Waals surface area contributed by atoms with Crippen molar-refractivity contribution in [3.05, 3.63) is 118 Å². The van der Waals surface area contributed by atoms with E-state index in [-0.39, 0.29) is 30.1 Å². The number of furan rings is 1. The Hall–Kier alpha value is -4.39. The molecule has 0 fully saturated rings. The van der Waals surface area contributed by atoms with Crippen LogP contribution in [0.15, 0.2) is 83.3 Å². The zero-order chi connectivity index (χ0) is 26.6. The highest BCUT2D eigenvalue weighted by molar-refractivity contribution is 6.02. The summed E-state index contributed by atoms with van der Waals surface area (Å²) in [6, 6.07) is 22.9. The number of amides is 2. The summed E-state index contributed by atoms with van der Waals surface area (Å²) >= 11 is 0. The van der Waals surface area contributed by atoms with Gasteiger partial charge in [-0.25, -0.2) is 4.39 Å². The van der Waals surface area contributed by atoms with Crippen molar-refractivity contribution < 1.29 is 23.1 Å². The fourth-order valence-corrected chi connectivity index (χ4v) is 4.72. The largest absolute Gasteiger partial charge is 0.486 e. The average Bonchev–Trinajstić information content (AvgIpc) is 3.42. The molecule has 194 valence electrons. The number of halogens is 1. The molecule has 0 saturated heterocycles. The van der Waals surface area contributed by atoms with Crippen LogP contribution in [0.5, 0.6) is 5.75 Å². The van der Waals surface area contributed by atoms with E-state index in [0.717, 1.165) is 17.5 Å². The van der Waals surface area contributed by atoms with Crippen molar-refractivity contribution in [2.45, 2.75) is 39.3 Å². The van der Waals surface area contributed by atoms with Gasteiger partial charge in [-0.3, -0.25) is 9.59 Å². The van der Waals surface area contributed by atoms with Gasteiger partial charge >= 0.3 is 0 Å². The molecule has 0 radical (unpaired) electrons. The second-order valence-corrected chi connectivity index (χ2v) is 9.38. The van der Waals surface area contributed by atoms with Crippen LogP contribution in [0.4, 0.5) is 10.1 Å². The molecule has 3 aromatic carbocycles. The molecule has 0 aliphatic carbocycles. The molecule has 1 N–H and O–H groups in total. The summed E-state index contributed by atoms with van der Waals surface area (Å²) in [6.45, 7) is 4.75. The number of hydrogen-bond donors (Lipinski definition) is 1. The number of fused-ring (bicyclic) bond motifs is 1. The van der Waals surface area contributed by atoms with Crippen LogP contribution in [0, 0.1) is 12.7 Å². The van der Waals surface area contributed by atoms with Gasteiger partial charge in [0, 0.05) is 18.7 Å². The van der Waals surface area contributed by atoms with Crippen LogP contribution in [0.25, 0.3) is 0 Å². The lowest BCUT2D eigenvalue weighted by Gasteiger charge is -2.38. The molecule has 5 rings (SSSR count). The monoisotopic (exact) mass is 512 g/mol. The topological polar surface area (TPSA) is 71.8 Å². The van der Waals surface area contributed by atoms with Gasteiger partial charge in [-0.1, -0.05) is 42.8 Å². The number of anilines is 1. The molecule has 0 saturated carbocycles. The van der Waals surface area contributed by atoms with Crippen molar-refractivity contribution in [2.75, 3.05) is 11.9 Å². The predicted octanol–water partition coefficient (Wildman–Crippen LogP) is 6.44. The van der Waals surface area contributed by atoms with Crippen molar-refractivity contribution in [3.8, 4) is 5.75 Å². The van der Waals surface area contributed by atoms with Crippen molar-refractivity contribution >= 4 is 17.5 Å². The van der Waals surface area contributed by atoms with Crippen molar-refractivity contribution in [3.63, 3.8) is 0 Å². The Morgan fingerprint density at radius 3 is 2.53 bits per heavy atom. The van der Waals surface area contributed by atoms with Gasteiger partial charge in [-0.15, -0.1) is 0 Å². The van der Waals surface area contributed by atoms with E-state index in [4.69, 9.17) is 9.15 Å². The third-order valence-corrected chi connectivity index (χ3v) is 6.73. The van der Waals surface area contributed by atoms with Crippen LogP contribution in [0.2, 0.25) is 0 Å². The minimum absolute atomic E-state index is 0.120. The van der Waals surface area contributed by atoms with Gasteiger partial charge in [0.05, 0.1) is 6.04 Å². The molecule has 1 atom stereocenters. The maximum Gasteiger partial charge on any atom is 0.291 e. The first-order valence-corrected chi connectivity index (χ1v) is 12.7. The fraction of sp³-hybridized carbons (Fsp3) is 0.226. The van der Waals surface area contributed by atoms with Crippen LogP contribution in [0.1, 0.15) is 58.0 Å². The Labute approximate surface area is 221 Å². The molecular weight excluding hydrogens is 483 g/mol. The van der Waals surface area contributed by atoms with E-state index in [1.54, 1.807) is 12.1 Å². The third-order valence-electron chi connectivity index (χ3n) is 6.73. The third kappa shape index (κ3) is 5.47. The Morgan fingerprint density at radius 1 is 1.03 bits per heavy atom. The first-order chi connectivity index (χ1) is 18.4. The van der Waals surface area contributed by atoms with Gasteiger partial charge in [0.15, 0.2) is 5.76 Å². The van der Waals surface area contributed by atoms with E-state index in [0.29, 0.717) is 30.2 Å². The van der Waals surface area contributed by atoms with Gasteiger partial charge in [0.2, 0.25) is 5.91 Å². The highest BCUT2D eigenvalue weighted by Crippen LogP contribution is 2.37. The molecule has 6 nitrogen and oxygen atoms in total. The number of benzene rings is 3. The number of ether oxygens (including phenoxy) is 1. The second-order valence-electron chi connectivity index (χ2n) is 9.38. The molecule has 2 heterocycles. The summed E-state index contributed by atoms with van der Waals surface area (Å²) in [5.74, 6) is 0.585. The lowest BCUT2D eigenvalue weighted by molar-refractivity contribution is -0.132. The quantitative estimate of drug-likeness (QED) is 0.309. The van der Waals surface area contributed by atoms with E-state index in [9.17, 15) is 14.0 Å². The molecular formula is C31H29FN2O4. The van der Waals surface area contributed by atoms with Crippen LogP contribution in [-0.4, -0.2) is 23.3 Å². The number of nitrogens with zero attached hydrogens (tertiary/aromatic N) is 1. The highest BCUT2D eigenvalue weighted by Gasteiger charge is 2.31. The van der Waals surface area contributed by atoms with Crippen LogP contribution >= 0.6 is 0 Å². The van der Waals surface area contributed by atoms with Crippen LogP contribution in [-0.2, 0) is 17.8 Å². The summed E-state index contributed by atoms with van der Waals surface area (Å²) in [5.41, 5.74) is 4.95. The van der Waals surface area contributed by atoms with E-state index < -0.39 is 5.91 Å². The van der Waals surface area contributed by atoms with Crippen LogP contribution < -0.4 is 10.1 Å². The molecule has 7 heteroatoms. The number of aryl methyl sites for hydroxylation is 1. The summed E-state index contributed by atoms with van der Waals surface area (Å²) in [7, 11) is 0. The number of nitrogens with one attached hydrogen (secondary N) is 1. The van der Waals surface area contributed by atoms with Crippen molar-refractivity contribution in [1.29, 1.82) is 0 Å². The highest BCUT2D eigenvalue weighted by atomic mass is 19.1. The zero-order valence-corrected chi connectivity index (χ0v) is 21.4. The minimum atomic E-state index is -0.432. The molecule has 0 bridgehead atoms. The molecule has 1 aromatic heterocycles. The molecule has 0 spiro atoms. The fourth-order valence-electron chi connectivity index (χ4n) is 4.72. The predicted molar refractivity (Wildman–Crippen MR) is 143 cm³/mol. The normalized spacial score (nSPS) is 14.6. The molecule has 0 unspecified atom stereocenters. The molecule has 4 aromatic rings. The minimum Gasteiger partial charge on any atom is -0.486 e. The van der Waals surface area contributed by atoms with E-state index in [1.807, 2.05) is 30.9 Å². The number of hydrogen-bond acceptors (Lipinski definition) is 4. The zero-order valence-electron chi connectivity index (χ0n) is 21.4. The van der Waals surface area contributed by atoms with Gasteiger partial charge < -0.3 is 19.4 Å². The van der Waals surface area contributed by atoms with Gasteiger partial charge in [-0.05, 0) is 78.6 Å². The summed E-state index contributed by atoms with van der Waals surface area (Å²) in [4.78, 5) is 27.3. The first kappa shape index (κ1) is 25.3. The summed E-state index contributed by atoms with van der Waals surface area (Å²) in [5, 5.41) is 2.68. The summed E-state index contributed by atoms with van der Waals surface area (Å²) in [6.07, 6.45) is 1.23. The lowest BCUT2D eigenvalue weighted by Crippen LogP contribution is -2.40. The van der Waals surface area contributed by atoms with Crippen molar-refractivity contribution in [2.24, 2.45) is 0 Å². The maximum atomic E-state index is 13.1. The molecule has 2 amide bonds. The maximum absolute atomic E-state index is 13.1. The Balaban J connectivity index is 1.32. The van der Waals surface area contributed by atoms with Crippen LogP contribution in [0.3, 0.4) is 0 Å². The first-order valence-electron chi connectivity index (χ1n) is 12.7. The Morgan fingerprint density at radius 2 is 1.79 bits per heavy atom. The standard InChI is InChI=1S/C31H29FN2O4/c1-3-29(35)34-17-16-21-8-13-25(18-27(21)30(34)22-6-4-20(2)5-7-22)37-19-26-14-15-28(38-26)31(36)33-24-11-9-23(32)10-12-24/h4-15,18,30H,3,16-17,19H2,1-2H3,(H,33,36)/t30-/m1/s1. The molecule has 1 aliphatic rings. The molecule has 38 heavy (non-hydrogen) atoms. The van der Waals surface area contributed by atoms with E-state index in [2.05, 4.69) is 35.6 Å². The molecule has 1 aliphatic heterocycles. The van der Waals surface area contributed by atoms with Gasteiger partial charge in [0.25, 0.3) is 5.91 Å². The number of rotatable bonds is 7. The van der Waals surface area contributed by atoms with Gasteiger partial charge in [0.1, 0.15) is 23.9 Å². The number of carbonyl (C=O) groups excluding carboxylic acids is 2. The average molecular weight is 513 g/mol. The number of carbonyl (C=O) groups is 2. The Bertz CT molecular complexity index is 1440. The smallest absolute Gasteiger partial charge is 0.291 e. The Kier molecular flexibility index (Phi) is 7.26. The van der Waals surface area contributed by atoms with E-state index >= 15 is 0 Å². The lowest BCUT2D eigenvalue weighted by atomic mass is 9.87. The van der Waals surface area contributed by atoms with Crippen molar-refractivity contribution in [1.82, 2.24) is 4.90 Å². The van der Waals surface area contributed by atoms with Gasteiger partial charge in [-0.2, -0.15) is 0 Å². The summed E-state index contributed by atoms with van der Waals surface area (Å²) < 4.78 is 24.8. The van der Waals surface area contributed by atoms with E-state index in [1.165, 1.54) is 35.4 Å². The second kappa shape index (κ2) is 10.9. The SMILES string of the molecule is CCC(=O)N1CCc2ccc(OCc3ccc(C(=O)Nc4ccc(F)cc4)o3)cc2[C@H]1c1ccc(C)cc1.